The number of carbonyl (C=O) groups is 1. The maximum Gasteiger partial charge on any atom is 0.198 e. The molecule has 1 atom stereocenters. The molecule has 2 nitrogen and oxygen atoms in total. The molecule has 1 unspecified atom stereocenters. The molecule has 19 heavy (non-hydrogen) atoms. The molecule has 1 rings (SSSR count). The fourth-order valence-corrected chi connectivity index (χ4v) is 2.10. The van der Waals surface area contributed by atoms with Crippen molar-refractivity contribution in [1.82, 2.24) is 0 Å². The summed E-state index contributed by atoms with van der Waals surface area (Å²) in [5.41, 5.74) is -1.10. The Morgan fingerprint density at radius 2 is 1.95 bits per heavy atom. The summed E-state index contributed by atoms with van der Waals surface area (Å²) < 4.78 is 33.1. The van der Waals surface area contributed by atoms with E-state index in [0.717, 1.165) is 6.07 Å². The largest absolute Gasteiger partial charge is 0.370 e. The lowest BCUT2D eigenvalue weighted by molar-refractivity contribution is -0.000776. The van der Waals surface area contributed by atoms with Crippen molar-refractivity contribution in [3.63, 3.8) is 0 Å². The highest BCUT2D eigenvalue weighted by Crippen LogP contribution is 2.29. The number of benzene rings is 1. The van der Waals surface area contributed by atoms with E-state index in [9.17, 15) is 13.6 Å². The molecular weight excluding hydrogens is 318 g/mol. The van der Waals surface area contributed by atoms with Crippen molar-refractivity contribution in [2.75, 3.05) is 6.61 Å². The third-order valence-corrected chi connectivity index (χ3v) is 3.26. The van der Waals surface area contributed by atoms with Crippen molar-refractivity contribution in [1.29, 1.82) is 0 Å². The number of rotatable bonds is 4. The lowest BCUT2D eigenvalue weighted by Crippen LogP contribution is -2.38. The first kappa shape index (κ1) is 16.2. The van der Waals surface area contributed by atoms with E-state index in [2.05, 4.69) is 15.9 Å². The third-order valence-electron chi connectivity index (χ3n) is 2.65. The number of halogens is 3. The van der Waals surface area contributed by atoms with Gasteiger partial charge in [0, 0.05) is 6.61 Å². The predicted octanol–water partition coefficient (Wildman–Crippen LogP) is 4.36. The van der Waals surface area contributed by atoms with Crippen LogP contribution in [0.25, 0.3) is 0 Å². The predicted molar refractivity (Wildman–Crippen MR) is 73.3 cm³/mol. The Hall–Kier alpha value is -0.810. The van der Waals surface area contributed by atoms with E-state index in [-0.39, 0.29) is 4.47 Å². The Labute approximate surface area is 120 Å². The molecule has 0 aliphatic carbocycles. The van der Waals surface area contributed by atoms with Crippen LogP contribution in [0, 0.1) is 17.0 Å². The minimum Gasteiger partial charge on any atom is -0.370 e. The number of Topliss-reactive ketones (excluding diaryl/α,β-unsaturated/α-hetero) is 1. The van der Waals surface area contributed by atoms with Gasteiger partial charge in [-0.25, -0.2) is 8.78 Å². The summed E-state index contributed by atoms with van der Waals surface area (Å²) in [6, 6.07) is 2.29. The first-order valence-electron chi connectivity index (χ1n) is 5.99. The summed E-state index contributed by atoms with van der Waals surface area (Å²) in [6.07, 6.45) is -0.893. The van der Waals surface area contributed by atoms with Gasteiger partial charge in [0.1, 0.15) is 11.9 Å². The molecule has 0 aromatic heterocycles. The molecule has 0 bridgehead atoms. The SMILES string of the molecule is CCOC(C(=O)c1c(F)ccc(Br)c1F)C(C)(C)C. The van der Waals surface area contributed by atoms with E-state index in [1.807, 2.05) is 0 Å². The molecule has 0 aliphatic heterocycles. The van der Waals surface area contributed by atoms with Gasteiger partial charge in [0.2, 0.25) is 0 Å². The van der Waals surface area contributed by atoms with Gasteiger partial charge >= 0.3 is 0 Å². The van der Waals surface area contributed by atoms with Crippen LogP contribution in [0.1, 0.15) is 38.1 Å². The van der Waals surface area contributed by atoms with E-state index in [1.165, 1.54) is 6.07 Å². The van der Waals surface area contributed by atoms with Crippen molar-refractivity contribution in [3.8, 4) is 0 Å². The molecule has 0 saturated carbocycles. The average molecular weight is 335 g/mol. The summed E-state index contributed by atoms with van der Waals surface area (Å²) in [5, 5.41) is 0. The summed E-state index contributed by atoms with van der Waals surface area (Å²) in [4.78, 5) is 12.3. The van der Waals surface area contributed by atoms with Crippen LogP contribution >= 0.6 is 15.9 Å². The lowest BCUT2D eigenvalue weighted by Gasteiger charge is -2.29. The zero-order valence-corrected chi connectivity index (χ0v) is 13.0. The second-order valence-corrected chi connectivity index (χ2v) is 6.14. The standard InChI is InChI=1S/C14H17BrF2O2/c1-5-19-13(14(2,3)4)12(18)10-9(16)7-6-8(15)11(10)17/h6-7,13H,5H2,1-4H3. The van der Waals surface area contributed by atoms with Crippen LogP contribution in [0.5, 0.6) is 0 Å². The normalized spacial score (nSPS) is 13.4. The highest BCUT2D eigenvalue weighted by Gasteiger charge is 2.35. The molecule has 1 aromatic rings. The van der Waals surface area contributed by atoms with Crippen LogP contribution < -0.4 is 0 Å². The molecule has 0 amide bonds. The molecule has 0 saturated heterocycles. The van der Waals surface area contributed by atoms with E-state index in [1.54, 1.807) is 27.7 Å². The van der Waals surface area contributed by atoms with Crippen molar-refractivity contribution in [2.45, 2.75) is 33.8 Å². The van der Waals surface area contributed by atoms with E-state index >= 15 is 0 Å². The molecule has 0 aliphatic rings. The molecule has 0 N–H and O–H groups in total. The minimum absolute atomic E-state index is 0.0569. The van der Waals surface area contributed by atoms with Crippen molar-refractivity contribution in [2.24, 2.45) is 5.41 Å². The fraction of sp³-hybridized carbons (Fsp3) is 0.500. The molecule has 5 heteroatoms. The average Bonchev–Trinajstić information content (AvgIpc) is 2.29. The lowest BCUT2D eigenvalue weighted by atomic mass is 9.84. The smallest absolute Gasteiger partial charge is 0.198 e. The van der Waals surface area contributed by atoms with Gasteiger partial charge < -0.3 is 4.74 Å². The van der Waals surface area contributed by atoms with Crippen molar-refractivity contribution < 1.29 is 18.3 Å². The second-order valence-electron chi connectivity index (χ2n) is 5.28. The van der Waals surface area contributed by atoms with Crippen LogP contribution in [-0.4, -0.2) is 18.5 Å². The summed E-state index contributed by atoms with van der Waals surface area (Å²) >= 11 is 2.95. The maximum absolute atomic E-state index is 13.9. The van der Waals surface area contributed by atoms with Gasteiger partial charge in [-0.1, -0.05) is 20.8 Å². The molecular formula is C14H17BrF2O2. The number of carbonyl (C=O) groups excluding carboxylic acids is 1. The zero-order valence-electron chi connectivity index (χ0n) is 11.4. The third kappa shape index (κ3) is 3.60. The first-order valence-corrected chi connectivity index (χ1v) is 6.78. The fourth-order valence-electron chi connectivity index (χ4n) is 1.77. The zero-order chi connectivity index (χ0) is 14.8. The highest BCUT2D eigenvalue weighted by molar-refractivity contribution is 9.10. The minimum atomic E-state index is -0.893. The van der Waals surface area contributed by atoms with E-state index in [0.29, 0.717) is 6.61 Å². The van der Waals surface area contributed by atoms with Crippen LogP contribution in [0.4, 0.5) is 8.78 Å². The van der Waals surface area contributed by atoms with Gasteiger partial charge in [0.25, 0.3) is 0 Å². The molecule has 0 radical (unpaired) electrons. The maximum atomic E-state index is 13.9. The monoisotopic (exact) mass is 334 g/mol. The number of ketones is 1. The Morgan fingerprint density at radius 1 is 1.37 bits per heavy atom. The van der Waals surface area contributed by atoms with Gasteiger partial charge in [-0.05, 0) is 40.4 Å². The van der Waals surface area contributed by atoms with E-state index < -0.39 is 34.5 Å². The van der Waals surface area contributed by atoms with Crippen LogP contribution in [0.15, 0.2) is 16.6 Å². The topological polar surface area (TPSA) is 26.3 Å². The molecule has 1 aromatic carbocycles. The van der Waals surface area contributed by atoms with Gasteiger partial charge in [-0.2, -0.15) is 0 Å². The molecule has 0 spiro atoms. The van der Waals surface area contributed by atoms with Gasteiger partial charge in [0.15, 0.2) is 11.6 Å². The van der Waals surface area contributed by atoms with Crippen LogP contribution in [-0.2, 0) is 4.74 Å². The van der Waals surface area contributed by atoms with Gasteiger partial charge in [0.05, 0.1) is 10.0 Å². The van der Waals surface area contributed by atoms with Crippen molar-refractivity contribution in [3.05, 3.63) is 33.8 Å². The second kappa shape index (κ2) is 6.09. The van der Waals surface area contributed by atoms with Gasteiger partial charge in [-0.3, -0.25) is 4.79 Å². The molecule has 106 valence electrons. The first-order chi connectivity index (χ1) is 8.70. The number of hydrogen-bond donors (Lipinski definition) is 0. The molecule has 0 fully saturated rings. The Bertz CT molecular complexity index is 481. The quantitative estimate of drug-likeness (QED) is 0.604. The Balaban J connectivity index is 3.28. The number of ether oxygens (including phenoxy) is 1. The molecule has 0 heterocycles. The van der Waals surface area contributed by atoms with Crippen LogP contribution in [0.3, 0.4) is 0 Å². The van der Waals surface area contributed by atoms with Gasteiger partial charge in [-0.15, -0.1) is 0 Å². The number of hydrogen-bond acceptors (Lipinski definition) is 2. The highest BCUT2D eigenvalue weighted by atomic mass is 79.9. The summed E-state index contributed by atoms with van der Waals surface area (Å²) in [6.45, 7) is 7.40. The van der Waals surface area contributed by atoms with E-state index in [4.69, 9.17) is 4.74 Å². The Morgan fingerprint density at radius 3 is 2.42 bits per heavy atom. The summed E-state index contributed by atoms with van der Waals surface area (Å²) in [7, 11) is 0. The Kier molecular flexibility index (Phi) is 5.21. The summed E-state index contributed by atoms with van der Waals surface area (Å²) in [5.74, 6) is -2.44. The van der Waals surface area contributed by atoms with Crippen LogP contribution in [0.2, 0.25) is 0 Å². The van der Waals surface area contributed by atoms with Crippen molar-refractivity contribution >= 4 is 21.7 Å².